The van der Waals surface area contributed by atoms with Gasteiger partial charge in [-0.1, -0.05) is 309 Å². The van der Waals surface area contributed by atoms with Gasteiger partial charge in [0.1, 0.15) is 5.82 Å². The van der Waals surface area contributed by atoms with E-state index in [0.717, 1.165) is 125 Å². The van der Waals surface area contributed by atoms with Gasteiger partial charge in [-0.25, -0.2) is 4.39 Å². The van der Waals surface area contributed by atoms with Crippen LogP contribution in [0.2, 0.25) is 0 Å². The van der Waals surface area contributed by atoms with Gasteiger partial charge in [-0.15, -0.1) is 34.0 Å². The number of thiophene rings is 3. The molecule has 0 amide bonds. The minimum Gasteiger partial charge on any atom is -0.311 e. The Hall–Kier alpha value is -18.3. The van der Waals surface area contributed by atoms with Gasteiger partial charge in [0.15, 0.2) is 0 Å². The average Bonchev–Trinajstić information content (AvgIpc) is 1.61. The summed E-state index contributed by atoms with van der Waals surface area (Å²) in [6.07, 6.45) is 0. The fourth-order valence-corrected chi connectivity index (χ4v) is 23.9. The lowest BCUT2D eigenvalue weighted by Gasteiger charge is -2.29. The van der Waals surface area contributed by atoms with E-state index in [9.17, 15) is 4.39 Å². The van der Waals surface area contributed by atoms with Gasteiger partial charge in [-0.05, 0) is 316 Å². The molecule has 0 spiro atoms. The van der Waals surface area contributed by atoms with Crippen LogP contribution in [0.1, 0.15) is 0 Å². The summed E-state index contributed by atoms with van der Waals surface area (Å²) >= 11 is 5.47. The first-order valence-electron chi connectivity index (χ1n) is 49.2. The second-order valence-corrected chi connectivity index (χ2v) is 39.7. The van der Waals surface area contributed by atoms with Crippen LogP contribution in [0.4, 0.5) is 107 Å². The molecule has 26 aromatic rings. The summed E-state index contributed by atoms with van der Waals surface area (Å²) in [7, 11) is 0. The highest BCUT2D eigenvalue weighted by molar-refractivity contribution is 7.26. The largest absolute Gasteiger partial charge is 0.311 e. The summed E-state index contributed by atoms with van der Waals surface area (Å²) < 4.78 is 22.0. The van der Waals surface area contributed by atoms with Crippen molar-refractivity contribution in [3.63, 3.8) is 0 Å². The van der Waals surface area contributed by atoms with E-state index in [-0.39, 0.29) is 5.82 Å². The van der Waals surface area contributed by atoms with Gasteiger partial charge in [0.05, 0.1) is 5.69 Å². The summed E-state index contributed by atoms with van der Waals surface area (Å²) in [5, 5.41) is 9.89. The molecular weight excluding hydrogens is 1830 g/mol. The minimum absolute atomic E-state index is 0.271. The van der Waals surface area contributed by atoms with Crippen LogP contribution in [0.15, 0.2) is 564 Å². The molecule has 0 aliphatic heterocycles. The highest BCUT2D eigenvalue weighted by Crippen LogP contribution is 2.51. The highest BCUT2D eigenvalue weighted by Gasteiger charge is 2.26. The molecule has 6 nitrogen and oxygen atoms in total. The third-order valence-electron chi connectivity index (χ3n) is 27.4. The molecule has 0 bridgehead atoms. The van der Waals surface area contributed by atoms with E-state index in [4.69, 9.17) is 0 Å². The van der Waals surface area contributed by atoms with Crippen molar-refractivity contribution in [1.29, 1.82) is 0 Å². The molecule has 26 rings (SSSR count). The second kappa shape index (κ2) is 39.7. The predicted molar refractivity (Wildman–Crippen MR) is 624 cm³/mol. The molecule has 3 heterocycles. The van der Waals surface area contributed by atoms with E-state index in [1.807, 2.05) is 34.8 Å². The van der Waals surface area contributed by atoms with Crippen LogP contribution in [-0.2, 0) is 0 Å². The standard InChI is InChI=1S/C70H49N3S.C66H44FN3S2/c1-6-20-50(21-7-1)55-44-56(51-22-8-2-9-23-51)47-64(46-55)72(61-39-37-60(38-40-61)71(57-27-10-3-11-28-57)58-29-12-4-13-30-58)63-41-42-66-67-48-54(36-43-69(67)74-70(66)49-63)53-26-18-33-62(45-53)73(59-31-14-5-15-32-59)68-35-19-25-52-24-16-17-34-65(52)68;67-49-28-34-54(35-29-49)70(56-20-12-19-55(42-56)69(51-17-8-3-9-18-51)57-36-38-60-59-21-10-11-22-63(59)71-65(60)43-57)58-37-39-61-62-41-48(27-40-64(62)72-66(61)44-58)47-25-32-53(33-26-47)68(50-15-6-2-7-16-50)52-30-23-46(24-31-52)45-13-4-1-5-14-45/h1-49H;1-44H. The Morgan fingerprint density at radius 2 is 0.370 bits per heavy atom. The van der Waals surface area contributed by atoms with Gasteiger partial charge >= 0.3 is 0 Å². The van der Waals surface area contributed by atoms with Crippen molar-refractivity contribution in [2.24, 2.45) is 0 Å². The Bertz CT molecular complexity index is 9080. The van der Waals surface area contributed by atoms with E-state index in [1.54, 1.807) is 11.3 Å². The van der Waals surface area contributed by atoms with E-state index in [0.29, 0.717) is 0 Å². The number of benzene rings is 23. The molecule has 0 unspecified atom stereocenters. The molecule has 0 fully saturated rings. The van der Waals surface area contributed by atoms with E-state index >= 15 is 0 Å². The van der Waals surface area contributed by atoms with Crippen LogP contribution in [0.3, 0.4) is 0 Å². The van der Waals surface area contributed by atoms with Gasteiger partial charge in [0, 0.05) is 163 Å². The number of fused-ring (bicyclic) bond motifs is 10. The number of nitrogens with zero attached hydrogens (tertiary/aromatic N) is 6. The molecule has 23 aromatic carbocycles. The van der Waals surface area contributed by atoms with Crippen LogP contribution in [0.5, 0.6) is 0 Å². The molecular formula is C136H93FN6S3. The second-order valence-electron chi connectivity index (χ2n) is 36.5. The van der Waals surface area contributed by atoms with Crippen LogP contribution >= 0.6 is 34.0 Å². The first-order valence-corrected chi connectivity index (χ1v) is 51.7. The lowest BCUT2D eigenvalue weighted by atomic mass is 9.97. The number of hydrogen-bond donors (Lipinski definition) is 0. The monoisotopic (exact) mass is 1920 g/mol. The SMILES string of the molecule is Fc1ccc(N(c2cccc(N(c3ccccc3)c3ccc4c(c3)sc3ccccc34)c2)c2ccc3c(c2)sc2ccc(-c4ccc(N(c5ccccc5)c5ccc(-c6ccccc6)cc5)cc4)cc23)cc1.c1ccc(-c2cc(-c3ccccc3)cc(N(c3ccc(N(c4ccccc4)c4ccccc4)cc3)c3ccc4c(c3)sc3ccc(-c5cccc(N(c6ccccc6)c6cccc7ccccc67)c5)cc34)c2)cc1. The zero-order valence-electron chi connectivity index (χ0n) is 79.5. The molecule has 0 radical (unpaired) electrons. The molecule has 0 atom stereocenters. The summed E-state index contributed by atoms with van der Waals surface area (Å²) in [4.78, 5) is 14.0. The molecule has 10 heteroatoms. The Balaban J connectivity index is 0.000000152. The summed E-state index contributed by atoms with van der Waals surface area (Å²) in [5.41, 5.74) is 30.9. The van der Waals surface area contributed by atoms with Gasteiger partial charge in [-0.3, -0.25) is 0 Å². The molecule has 0 aliphatic carbocycles. The fraction of sp³-hybridized carbons (Fsp3) is 0. The molecule has 3 aromatic heterocycles. The number of rotatable bonds is 23. The Kier molecular flexibility index (Phi) is 24.2. The zero-order valence-corrected chi connectivity index (χ0v) is 81.9. The minimum atomic E-state index is -0.271. The van der Waals surface area contributed by atoms with Crippen LogP contribution < -0.4 is 29.4 Å². The van der Waals surface area contributed by atoms with Crippen molar-refractivity contribution in [3.8, 4) is 55.6 Å². The average molecular weight is 1930 g/mol. The highest BCUT2D eigenvalue weighted by atomic mass is 32.1. The van der Waals surface area contributed by atoms with Crippen molar-refractivity contribution in [1.82, 2.24) is 0 Å². The third-order valence-corrected chi connectivity index (χ3v) is 30.8. The lowest BCUT2D eigenvalue weighted by Crippen LogP contribution is -2.13. The van der Waals surface area contributed by atoms with Crippen LogP contribution in [0, 0.1) is 5.82 Å². The normalized spacial score (nSPS) is 11.3. The van der Waals surface area contributed by atoms with Crippen molar-refractivity contribution in [2.45, 2.75) is 0 Å². The smallest absolute Gasteiger partial charge is 0.123 e. The Morgan fingerprint density at radius 1 is 0.123 bits per heavy atom. The molecule has 0 N–H and O–H groups in total. The van der Waals surface area contributed by atoms with Crippen molar-refractivity contribution >= 4 is 208 Å². The van der Waals surface area contributed by atoms with Gasteiger partial charge in [-0.2, -0.15) is 0 Å². The van der Waals surface area contributed by atoms with E-state index < -0.39 is 0 Å². The quantitative estimate of drug-likeness (QED) is 0.0631. The van der Waals surface area contributed by atoms with Crippen molar-refractivity contribution < 1.29 is 4.39 Å². The zero-order chi connectivity index (χ0) is 97.2. The molecule has 0 saturated heterocycles. The van der Waals surface area contributed by atoms with Crippen LogP contribution in [-0.4, -0.2) is 0 Å². The summed E-state index contributed by atoms with van der Waals surface area (Å²) in [5.74, 6) is -0.271. The number of anilines is 18. The topological polar surface area (TPSA) is 19.4 Å². The van der Waals surface area contributed by atoms with Crippen molar-refractivity contribution in [2.75, 3.05) is 29.4 Å². The Morgan fingerprint density at radius 3 is 0.815 bits per heavy atom. The maximum absolute atomic E-state index is 14.6. The molecule has 692 valence electrons. The number of halogens is 1. The van der Waals surface area contributed by atoms with Crippen molar-refractivity contribution in [3.05, 3.63) is 570 Å². The van der Waals surface area contributed by atoms with E-state index in [1.165, 1.54) is 117 Å². The van der Waals surface area contributed by atoms with Gasteiger partial charge in [0.25, 0.3) is 0 Å². The summed E-state index contributed by atoms with van der Waals surface area (Å²) in [6.45, 7) is 0. The van der Waals surface area contributed by atoms with Gasteiger partial charge < -0.3 is 29.4 Å². The third kappa shape index (κ3) is 17.9. The maximum atomic E-state index is 14.6. The Labute approximate surface area is 860 Å². The number of para-hydroxylation sites is 5. The molecule has 146 heavy (non-hydrogen) atoms. The van der Waals surface area contributed by atoms with Crippen LogP contribution in [0.25, 0.3) is 127 Å². The van der Waals surface area contributed by atoms with Gasteiger partial charge in [0.2, 0.25) is 0 Å². The van der Waals surface area contributed by atoms with E-state index in [2.05, 4.69) is 569 Å². The fourth-order valence-electron chi connectivity index (χ4n) is 20.5. The first-order chi connectivity index (χ1) is 72.3. The first kappa shape index (κ1) is 89.1. The predicted octanol–water partition coefficient (Wildman–Crippen LogP) is 40.9. The molecule has 0 saturated carbocycles. The lowest BCUT2D eigenvalue weighted by molar-refractivity contribution is 0.628. The summed E-state index contributed by atoms with van der Waals surface area (Å²) in [6, 6.07) is 201. The number of hydrogen-bond acceptors (Lipinski definition) is 9. The molecule has 0 aliphatic rings. The maximum Gasteiger partial charge on any atom is 0.123 e.